The molecule has 0 aliphatic heterocycles. The van der Waals surface area contributed by atoms with Crippen molar-refractivity contribution in [3.05, 3.63) is 35.4 Å². The van der Waals surface area contributed by atoms with Gasteiger partial charge in [0.2, 0.25) is 5.91 Å². The molecular formula is C12H19NO2. The Labute approximate surface area is 91.3 Å². The van der Waals surface area contributed by atoms with Crippen LogP contribution in [0.2, 0.25) is 0 Å². The molecule has 0 aromatic heterocycles. The molecule has 3 nitrogen and oxygen atoms in total. The predicted molar refractivity (Wildman–Crippen MR) is 62.8 cm³/mol. The zero-order valence-corrected chi connectivity index (χ0v) is 9.78. The molecule has 0 spiro atoms. The molecule has 1 amide bonds. The Morgan fingerprint density at radius 2 is 1.67 bits per heavy atom. The van der Waals surface area contributed by atoms with E-state index in [-0.39, 0.29) is 5.91 Å². The third kappa shape index (κ3) is 7.43. The van der Waals surface area contributed by atoms with Crippen LogP contribution in [0.5, 0.6) is 0 Å². The molecule has 1 rings (SSSR count). The number of carbonyl (C=O) groups excluding carboxylic acids is 2. The maximum Gasteiger partial charge on any atom is 0.248 e. The van der Waals surface area contributed by atoms with E-state index in [1.807, 2.05) is 32.9 Å². The van der Waals surface area contributed by atoms with Gasteiger partial charge in [0.05, 0.1) is 0 Å². The molecular weight excluding hydrogens is 190 g/mol. The summed E-state index contributed by atoms with van der Waals surface area (Å²) in [6.07, 6.45) is 0.750. The standard InChI is InChI=1S/C8H9NO.C2H4O.C2H6/c1-6-4-2-3-5-7(6)8(9)10;1-2-3;1-2/h2-5H,1H3,(H2,9,10);2H,1H3;1-2H3. The van der Waals surface area contributed by atoms with Gasteiger partial charge in [0.15, 0.2) is 0 Å². The van der Waals surface area contributed by atoms with Crippen LogP contribution >= 0.6 is 0 Å². The summed E-state index contributed by atoms with van der Waals surface area (Å²) in [7, 11) is 0. The summed E-state index contributed by atoms with van der Waals surface area (Å²) in [6.45, 7) is 7.31. The average molecular weight is 209 g/mol. The zero-order valence-electron chi connectivity index (χ0n) is 9.78. The number of aryl methyl sites for hydroxylation is 1. The summed E-state index contributed by atoms with van der Waals surface area (Å²) < 4.78 is 0. The van der Waals surface area contributed by atoms with Crippen LogP contribution < -0.4 is 5.73 Å². The fourth-order valence-corrected chi connectivity index (χ4v) is 0.849. The van der Waals surface area contributed by atoms with E-state index < -0.39 is 0 Å². The van der Waals surface area contributed by atoms with Gasteiger partial charge in [-0.2, -0.15) is 0 Å². The number of hydrogen-bond donors (Lipinski definition) is 1. The fourth-order valence-electron chi connectivity index (χ4n) is 0.849. The lowest BCUT2D eigenvalue weighted by Crippen LogP contribution is -2.12. The van der Waals surface area contributed by atoms with E-state index in [0.717, 1.165) is 11.8 Å². The van der Waals surface area contributed by atoms with Crippen LogP contribution in [0.15, 0.2) is 24.3 Å². The van der Waals surface area contributed by atoms with Crippen LogP contribution in [-0.2, 0) is 4.79 Å². The minimum absolute atomic E-state index is 0.363. The van der Waals surface area contributed by atoms with Crippen LogP contribution in [0.4, 0.5) is 0 Å². The molecule has 0 aliphatic rings. The smallest absolute Gasteiger partial charge is 0.248 e. The third-order valence-corrected chi connectivity index (χ3v) is 1.41. The highest BCUT2D eigenvalue weighted by molar-refractivity contribution is 5.94. The van der Waals surface area contributed by atoms with Crippen molar-refractivity contribution >= 4 is 12.2 Å². The van der Waals surface area contributed by atoms with Crippen molar-refractivity contribution in [1.82, 2.24) is 0 Å². The summed E-state index contributed by atoms with van der Waals surface area (Å²) in [4.78, 5) is 19.4. The zero-order chi connectivity index (χ0) is 12.3. The van der Waals surface area contributed by atoms with Crippen molar-refractivity contribution in [3.63, 3.8) is 0 Å². The molecule has 2 N–H and O–H groups in total. The second-order valence-electron chi connectivity index (χ2n) is 2.41. The SMILES string of the molecule is CC.CC=O.Cc1ccccc1C(N)=O. The summed E-state index contributed by atoms with van der Waals surface area (Å²) in [5.41, 5.74) is 6.60. The van der Waals surface area contributed by atoms with Crippen molar-refractivity contribution in [2.24, 2.45) is 5.73 Å². The first-order valence-electron chi connectivity index (χ1n) is 4.88. The Hall–Kier alpha value is -1.64. The van der Waals surface area contributed by atoms with Gasteiger partial charge in [0.25, 0.3) is 0 Å². The number of primary amides is 1. The number of rotatable bonds is 1. The van der Waals surface area contributed by atoms with E-state index in [1.165, 1.54) is 6.92 Å². The van der Waals surface area contributed by atoms with Crippen molar-refractivity contribution in [2.45, 2.75) is 27.7 Å². The Morgan fingerprint density at radius 3 is 1.93 bits per heavy atom. The normalized spacial score (nSPS) is 7.47. The molecule has 0 aliphatic carbocycles. The number of benzene rings is 1. The molecule has 1 aromatic rings. The van der Waals surface area contributed by atoms with Crippen molar-refractivity contribution in [2.75, 3.05) is 0 Å². The molecule has 0 atom stereocenters. The van der Waals surface area contributed by atoms with Gasteiger partial charge in [-0.05, 0) is 25.5 Å². The second-order valence-corrected chi connectivity index (χ2v) is 2.41. The minimum Gasteiger partial charge on any atom is -0.366 e. The van der Waals surface area contributed by atoms with E-state index in [0.29, 0.717) is 5.56 Å². The summed E-state index contributed by atoms with van der Waals surface area (Å²) in [5.74, 6) is -0.363. The molecule has 0 radical (unpaired) electrons. The van der Waals surface area contributed by atoms with Gasteiger partial charge in [-0.1, -0.05) is 32.0 Å². The van der Waals surface area contributed by atoms with E-state index in [4.69, 9.17) is 10.5 Å². The van der Waals surface area contributed by atoms with E-state index in [9.17, 15) is 4.79 Å². The summed E-state index contributed by atoms with van der Waals surface area (Å²) in [5, 5.41) is 0. The van der Waals surface area contributed by atoms with E-state index in [2.05, 4.69) is 0 Å². The number of carbonyl (C=O) groups is 2. The summed E-state index contributed by atoms with van der Waals surface area (Å²) >= 11 is 0. The fraction of sp³-hybridized carbons (Fsp3) is 0.333. The number of amides is 1. The molecule has 0 fully saturated rings. The Kier molecular flexibility index (Phi) is 11.0. The average Bonchev–Trinajstić information content (AvgIpc) is 2.22. The monoisotopic (exact) mass is 209 g/mol. The highest BCUT2D eigenvalue weighted by atomic mass is 16.1. The van der Waals surface area contributed by atoms with Crippen LogP contribution in [0.25, 0.3) is 0 Å². The maximum atomic E-state index is 10.6. The predicted octanol–water partition coefficient (Wildman–Crippen LogP) is 2.33. The number of aldehydes is 1. The van der Waals surface area contributed by atoms with Gasteiger partial charge in [-0.25, -0.2) is 0 Å². The molecule has 15 heavy (non-hydrogen) atoms. The third-order valence-electron chi connectivity index (χ3n) is 1.41. The molecule has 0 unspecified atom stereocenters. The topological polar surface area (TPSA) is 60.2 Å². The minimum atomic E-state index is -0.363. The summed E-state index contributed by atoms with van der Waals surface area (Å²) in [6, 6.07) is 7.26. The van der Waals surface area contributed by atoms with Gasteiger partial charge < -0.3 is 10.5 Å². The molecule has 0 saturated carbocycles. The van der Waals surface area contributed by atoms with Gasteiger partial charge >= 0.3 is 0 Å². The first-order chi connectivity index (χ1) is 7.13. The lowest BCUT2D eigenvalue weighted by Gasteiger charge is -1.97. The van der Waals surface area contributed by atoms with Crippen LogP contribution in [-0.4, -0.2) is 12.2 Å². The first kappa shape index (κ1) is 15.8. The van der Waals surface area contributed by atoms with E-state index in [1.54, 1.807) is 12.1 Å². The number of nitrogens with two attached hydrogens (primary N) is 1. The number of hydrogen-bond acceptors (Lipinski definition) is 2. The van der Waals surface area contributed by atoms with Crippen LogP contribution in [0.3, 0.4) is 0 Å². The van der Waals surface area contributed by atoms with Crippen molar-refractivity contribution in [3.8, 4) is 0 Å². The van der Waals surface area contributed by atoms with Gasteiger partial charge in [-0.3, -0.25) is 4.79 Å². The molecule has 0 heterocycles. The van der Waals surface area contributed by atoms with Gasteiger partial charge in [0, 0.05) is 5.56 Å². The molecule has 84 valence electrons. The molecule has 0 saturated heterocycles. The Balaban J connectivity index is 0. The molecule has 0 bridgehead atoms. The largest absolute Gasteiger partial charge is 0.366 e. The lowest BCUT2D eigenvalue weighted by atomic mass is 10.1. The van der Waals surface area contributed by atoms with E-state index >= 15 is 0 Å². The highest BCUT2D eigenvalue weighted by Crippen LogP contribution is 2.04. The maximum absolute atomic E-state index is 10.6. The Morgan fingerprint density at radius 1 is 1.27 bits per heavy atom. The quantitative estimate of drug-likeness (QED) is 0.721. The van der Waals surface area contributed by atoms with Crippen molar-refractivity contribution in [1.29, 1.82) is 0 Å². The Bertz CT molecular complexity index is 295. The van der Waals surface area contributed by atoms with Crippen molar-refractivity contribution < 1.29 is 9.59 Å². The van der Waals surface area contributed by atoms with Crippen LogP contribution in [0.1, 0.15) is 36.7 Å². The molecule has 1 aromatic carbocycles. The highest BCUT2D eigenvalue weighted by Gasteiger charge is 2.00. The lowest BCUT2D eigenvalue weighted by molar-refractivity contribution is -0.106. The van der Waals surface area contributed by atoms with Gasteiger partial charge in [-0.15, -0.1) is 0 Å². The van der Waals surface area contributed by atoms with Crippen LogP contribution in [0, 0.1) is 6.92 Å². The first-order valence-corrected chi connectivity index (χ1v) is 4.88. The second kappa shape index (κ2) is 10.4. The molecule has 3 heteroatoms. The van der Waals surface area contributed by atoms with Gasteiger partial charge in [0.1, 0.15) is 6.29 Å².